The molecule has 1 fully saturated rings. The molecule has 1 heterocycles. The van der Waals surface area contributed by atoms with Crippen LogP contribution in [0.3, 0.4) is 0 Å². The largest absolute Gasteiger partial charge is 0.481 e. The molecule has 1 N–H and O–H groups in total. The lowest BCUT2D eigenvalue weighted by molar-refractivity contribution is -0.127. The number of carbonyl (C=O) groups is 1. The van der Waals surface area contributed by atoms with E-state index in [2.05, 4.69) is 41.4 Å². The van der Waals surface area contributed by atoms with Crippen molar-refractivity contribution >= 4 is 5.91 Å². The SMILES string of the molecule is CCc1ccccc1O[C@H](C)C(=O)NCc1ccc(CN2CCOCC2)cc1. The van der Waals surface area contributed by atoms with Gasteiger partial charge in [0.15, 0.2) is 6.10 Å². The highest BCUT2D eigenvalue weighted by Gasteiger charge is 2.16. The summed E-state index contributed by atoms with van der Waals surface area (Å²) in [5.74, 6) is 0.670. The van der Waals surface area contributed by atoms with Crippen molar-refractivity contribution < 1.29 is 14.3 Å². The third-order valence-electron chi connectivity index (χ3n) is 5.03. The fourth-order valence-corrected chi connectivity index (χ4v) is 3.27. The summed E-state index contributed by atoms with van der Waals surface area (Å²) >= 11 is 0. The zero-order valence-corrected chi connectivity index (χ0v) is 16.8. The van der Waals surface area contributed by atoms with Crippen molar-refractivity contribution in [2.24, 2.45) is 0 Å². The molecule has 3 rings (SSSR count). The van der Waals surface area contributed by atoms with Crippen molar-refractivity contribution in [3.8, 4) is 5.75 Å². The maximum absolute atomic E-state index is 12.4. The number of para-hydroxylation sites is 1. The number of nitrogens with one attached hydrogen (secondary N) is 1. The van der Waals surface area contributed by atoms with Gasteiger partial charge in [-0.25, -0.2) is 0 Å². The Morgan fingerprint density at radius 3 is 2.50 bits per heavy atom. The normalized spacial score (nSPS) is 15.8. The first-order valence-corrected chi connectivity index (χ1v) is 10.1. The van der Waals surface area contributed by atoms with Crippen molar-refractivity contribution in [2.45, 2.75) is 39.5 Å². The van der Waals surface area contributed by atoms with E-state index in [-0.39, 0.29) is 5.91 Å². The third kappa shape index (κ3) is 5.81. The Morgan fingerprint density at radius 1 is 1.11 bits per heavy atom. The smallest absolute Gasteiger partial charge is 0.261 e. The number of ether oxygens (including phenoxy) is 2. The molecule has 0 radical (unpaired) electrons. The van der Waals surface area contributed by atoms with Gasteiger partial charge in [-0.3, -0.25) is 9.69 Å². The van der Waals surface area contributed by atoms with Crippen molar-refractivity contribution in [3.63, 3.8) is 0 Å². The summed E-state index contributed by atoms with van der Waals surface area (Å²) in [6.45, 7) is 8.90. The van der Waals surface area contributed by atoms with Gasteiger partial charge in [0.2, 0.25) is 0 Å². The highest BCUT2D eigenvalue weighted by Crippen LogP contribution is 2.19. The van der Waals surface area contributed by atoms with Gasteiger partial charge in [0.05, 0.1) is 13.2 Å². The average molecular weight is 383 g/mol. The van der Waals surface area contributed by atoms with Crippen LogP contribution in [-0.2, 0) is 29.0 Å². The Hall–Kier alpha value is -2.37. The van der Waals surface area contributed by atoms with Crippen LogP contribution in [0.4, 0.5) is 0 Å². The first kappa shape index (κ1) is 20.4. The summed E-state index contributed by atoms with van der Waals surface area (Å²) < 4.78 is 11.3. The number of rotatable bonds is 8. The zero-order valence-electron chi connectivity index (χ0n) is 16.8. The standard InChI is InChI=1S/C23H30N2O3/c1-3-21-6-4-5-7-22(21)28-18(2)23(26)24-16-19-8-10-20(11-9-19)17-25-12-14-27-15-13-25/h4-11,18H,3,12-17H2,1-2H3,(H,24,26)/t18-/m1/s1. The molecule has 5 heteroatoms. The highest BCUT2D eigenvalue weighted by molar-refractivity contribution is 5.80. The molecule has 0 bridgehead atoms. The summed E-state index contributed by atoms with van der Waals surface area (Å²) in [5, 5.41) is 2.97. The number of benzene rings is 2. The summed E-state index contributed by atoms with van der Waals surface area (Å²) in [4.78, 5) is 14.8. The van der Waals surface area contributed by atoms with Gasteiger partial charge >= 0.3 is 0 Å². The first-order chi connectivity index (χ1) is 13.7. The molecular weight excluding hydrogens is 352 g/mol. The highest BCUT2D eigenvalue weighted by atomic mass is 16.5. The Labute approximate surface area is 167 Å². The Bertz CT molecular complexity index is 755. The topological polar surface area (TPSA) is 50.8 Å². The van der Waals surface area contributed by atoms with E-state index in [1.165, 1.54) is 5.56 Å². The Morgan fingerprint density at radius 2 is 1.79 bits per heavy atom. The molecule has 0 spiro atoms. The summed E-state index contributed by atoms with van der Waals surface area (Å²) in [5.41, 5.74) is 3.48. The molecule has 150 valence electrons. The van der Waals surface area contributed by atoms with E-state index < -0.39 is 6.10 Å². The molecule has 5 nitrogen and oxygen atoms in total. The molecule has 1 saturated heterocycles. The number of hydrogen-bond acceptors (Lipinski definition) is 4. The van der Waals surface area contributed by atoms with Crippen LogP contribution in [0.15, 0.2) is 48.5 Å². The number of nitrogens with zero attached hydrogens (tertiary/aromatic N) is 1. The lowest BCUT2D eigenvalue weighted by Crippen LogP contribution is -2.36. The minimum Gasteiger partial charge on any atom is -0.481 e. The van der Waals surface area contributed by atoms with E-state index in [1.807, 2.05) is 24.3 Å². The van der Waals surface area contributed by atoms with Crippen LogP contribution in [0.2, 0.25) is 0 Å². The van der Waals surface area contributed by atoms with Gasteiger partial charge in [-0.1, -0.05) is 49.4 Å². The van der Waals surface area contributed by atoms with Crippen LogP contribution in [-0.4, -0.2) is 43.2 Å². The van der Waals surface area contributed by atoms with Gasteiger partial charge in [0, 0.05) is 26.2 Å². The molecule has 2 aromatic rings. The van der Waals surface area contributed by atoms with E-state index in [9.17, 15) is 4.79 Å². The quantitative estimate of drug-likeness (QED) is 0.762. The van der Waals surface area contributed by atoms with Crippen molar-refractivity contribution in [3.05, 3.63) is 65.2 Å². The van der Waals surface area contributed by atoms with E-state index in [0.29, 0.717) is 6.54 Å². The summed E-state index contributed by atoms with van der Waals surface area (Å²) in [7, 11) is 0. The van der Waals surface area contributed by atoms with E-state index in [0.717, 1.165) is 56.1 Å². The molecule has 0 unspecified atom stereocenters. The second-order valence-electron chi connectivity index (χ2n) is 7.14. The molecule has 1 aliphatic rings. The maximum atomic E-state index is 12.4. The molecular formula is C23H30N2O3. The first-order valence-electron chi connectivity index (χ1n) is 10.1. The van der Waals surface area contributed by atoms with Crippen LogP contribution in [0, 0.1) is 0 Å². The number of aryl methyl sites for hydroxylation is 1. The minimum absolute atomic E-state index is 0.108. The fraction of sp³-hybridized carbons (Fsp3) is 0.435. The van der Waals surface area contributed by atoms with Crippen LogP contribution in [0.5, 0.6) is 5.75 Å². The molecule has 1 atom stereocenters. The van der Waals surface area contributed by atoms with Gasteiger partial charge in [0.1, 0.15) is 5.75 Å². The van der Waals surface area contributed by atoms with Crippen molar-refractivity contribution in [1.82, 2.24) is 10.2 Å². The van der Waals surface area contributed by atoms with Crippen molar-refractivity contribution in [1.29, 1.82) is 0 Å². The van der Waals surface area contributed by atoms with Crippen LogP contribution >= 0.6 is 0 Å². The monoisotopic (exact) mass is 382 g/mol. The van der Waals surface area contributed by atoms with Gasteiger partial charge in [-0.05, 0) is 36.1 Å². The summed E-state index contributed by atoms with van der Waals surface area (Å²) in [6, 6.07) is 16.3. The molecule has 1 amide bonds. The van der Waals surface area contributed by atoms with Gasteiger partial charge < -0.3 is 14.8 Å². The zero-order chi connectivity index (χ0) is 19.8. The van der Waals surface area contributed by atoms with E-state index >= 15 is 0 Å². The lowest BCUT2D eigenvalue weighted by Gasteiger charge is -2.26. The lowest BCUT2D eigenvalue weighted by atomic mass is 10.1. The number of carbonyl (C=O) groups excluding carboxylic acids is 1. The predicted octanol–water partition coefficient (Wildman–Crippen LogP) is 3.16. The molecule has 2 aromatic carbocycles. The summed E-state index contributed by atoms with van der Waals surface area (Å²) in [6.07, 6.45) is 0.342. The molecule has 1 aliphatic heterocycles. The second-order valence-corrected chi connectivity index (χ2v) is 7.14. The third-order valence-corrected chi connectivity index (χ3v) is 5.03. The second kappa shape index (κ2) is 10.2. The van der Waals surface area contributed by atoms with E-state index in [1.54, 1.807) is 6.92 Å². The maximum Gasteiger partial charge on any atom is 0.261 e. The number of morpholine rings is 1. The van der Waals surface area contributed by atoms with Gasteiger partial charge in [-0.15, -0.1) is 0 Å². The van der Waals surface area contributed by atoms with Crippen molar-refractivity contribution in [2.75, 3.05) is 26.3 Å². The van der Waals surface area contributed by atoms with Crippen LogP contribution in [0.25, 0.3) is 0 Å². The predicted molar refractivity (Wildman–Crippen MR) is 110 cm³/mol. The Balaban J connectivity index is 1.47. The molecule has 0 saturated carbocycles. The number of hydrogen-bond donors (Lipinski definition) is 1. The Kier molecular flexibility index (Phi) is 7.46. The van der Waals surface area contributed by atoms with Gasteiger partial charge in [0.25, 0.3) is 5.91 Å². The molecule has 28 heavy (non-hydrogen) atoms. The number of amides is 1. The minimum atomic E-state index is -0.534. The van der Waals surface area contributed by atoms with Gasteiger partial charge in [-0.2, -0.15) is 0 Å². The van der Waals surface area contributed by atoms with Crippen LogP contribution in [0.1, 0.15) is 30.5 Å². The molecule has 0 aliphatic carbocycles. The molecule has 0 aromatic heterocycles. The fourth-order valence-electron chi connectivity index (χ4n) is 3.27. The van der Waals surface area contributed by atoms with E-state index in [4.69, 9.17) is 9.47 Å². The van der Waals surface area contributed by atoms with Crippen LogP contribution < -0.4 is 10.1 Å². The average Bonchev–Trinajstić information content (AvgIpc) is 2.74.